The normalized spacial score (nSPS) is 18.7. The average Bonchev–Trinajstić information content (AvgIpc) is 3.21. The Bertz CT molecular complexity index is 629. The van der Waals surface area contributed by atoms with Gasteiger partial charge in [0.05, 0.1) is 18.7 Å². The summed E-state index contributed by atoms with van der Waals surface area (Å²) in [6, 6.07) is 4.85. The maximum Gasteiger partial charge on any atom is 0.309 e. The molecule has 0 saturated heterocycles. The predicted octanol–water partition coefficient (Wildman–Crippen LogP) is 1.79. The van der Waals surface area contributed by atoms with Crippen LogP contribution in [0.1, 0.15) is 20.3 Å². The Labute approximate surface area is 134 Å². The summed E-state index contributed by atoms with van der Waals surface area (Å²) in [5.41, 5.74) is 0.914. The summed E-state index contributed by atoms with van der Waals surface area (Å²) in [6.07, 6.45) is 0.813. The second-order valence-corrected chi connectivity index (χ2v) is 5.57. The van der Waals surface area contributed by atoms with Gasteiger partial charge in [0.2, 0.25) is 5.91 Å². The standard InChI is InChI=1S/C16H20N2O5/c1-9-6-12(9)16(21)23-8-15(20)18-13-7-11(17-10(2)19)4-5-14(13)22-3/h4-5,7,9,12H,6,8H2,1-3H3,(H,17,19)(H,18,20)/t9-,12-/m1/s1. The average molecular weight is 320 g/mol. The van der Waals surface area contributed by atoms with Crippen molar-refractivity contribution in [1.82, 2.24) is 0 Å². The first kappa shape index (κ1) is 16.8. The molecule has 1 aromatic carbocycles. The molecule has 0 spiro atoms. The number of methoxy groups -OCH3 is 1. The second kappa shape index (κ2) is 7.13. The topological polar surface area (TPSA) is 93.7 Å². The Hall–Kier alpha value is -2.57. The van der Waals surface area contributed by atoms with Gasteiger partial charge in [0, 0.05) is 12.6 Å². The van der Waals surface area contributed by atoms with Crippen LogP contribution in [0.3, 0.4) is 0 Å². The molecule has 1 aliphatic rings. The van der Waals surface area contributed by atoms with Crippen LogP contribution in [0.25, 0.3) is 0 Å². The van der Waals surface area contributed by atoms with E-state index in [1.165, 1.54) is 14.0 Å². The quantitative estimate of drug-likeness (QED) is 0.779. The minimum atomic E-state index is -0.468. The van der Waals surface area contributed by atoms with E-state index in [0.29, 0.717) is 23.0 Å². The van der Waals surface area contributed by atoms with Crippen LogP contribution >= 0.6 is 0 Å². The summed E-state index contributed by atoms with van der Waals surface area (Å²) in [7, 11) is 1.47. The highest BCUT2D eigenvalue weighted by Crippen LogP contribution is 2.38. The van der Waals surface area contributed by atoms with Gasteiger partial charge in [-0.25, -0.2) is 0 Å². The zero-order chi connectivity index (χ0) is 17.0. The number of amides is 2. The van der Waals surface area contributed by atoms with E-state index in [0.717, 1.165) is 6.42 Å². The first-order chi connectivity index (χ1) is 10.9. The van der Waals surface area contributed by atoms with Crippen LogP contribution < -0.4 is 15.4 Å². The summed E-state index contributed by atoms with van der Waals surface area (Å²) in [5.74, 6) is -0.341. The fourth-order valence-corrected chi connectivity index (χ4v) is 2.17. The van der Waals surface area contributed by atoms with Crippen molar-refractivity contribution in [3.05, 3.63) is 18.2 Å². The zero-order valence-electron chi connectivity index (χ0n) is 13.3. The highest BCUT2D eigenvalue weighted by atomic mass is 16.5. The van der Waals surface area contributed by atoms with E-state index in [9.17, 15) is 14.4 Å². The number of hydrogen-bond acceptors (Lipinski definition) is 5. The summed E-state index contributed by atoms with van der Waals surface area (Å²) >= 11 is 0. The molecule has 1 fully saturated rings. The molecule has 0 heterocycles. The Morgan fingerprint density at radius 2 is 1.96 bits per heavy atom. The molecule has 0 aliphatic heterocycles. The summed E-state index contributed by atoms with van der Waals surface area (Å²) in [5, 5.41) is 5.23. The number of carbonyl (C=O) groups excluding carboxylic acids is 3. The number of rotatable bonds is 6. The van der Waals surface area contributed by atoms with Gasteiger partial charge in [0.1, 0.15) is 5.75 Å². The molecule has 1 aromatic rings. The van der Waals surface area contributed by atoms with Crippen molar-refractivity contribution in [3.8, 4) is 5.75 Å². The SMILES string of the molecule is COc1ccc(NC(C)=O)cc1NC(=O)COC(=O)[C@@H]1C[C@H]1C. The highest BCUT2D eigenvalue weighted by Gasteiger charge is 2.40. The van der Waals surface area contributed by atoms with Crippen LogP contribution in [-0.2, 0) is 19.1 Å². The molecular weight excluding hydrogens is 300 g/mol. The molecule has 7 heteroatoms. The molecular formula is C16H20N2O5. The van der Waals surface area contributed by atoms with E-state index in [1.807, 2.05) is 6.92 Å². The third kappa shape index (κ3) is 4.70. The van der Waals surface area contributed by atoms with Gasteiger partial charge in [0.25, 0.3) is 5.91 Å². The monoisotopic (exact) mass is 320 g/mol. The van der Waals surface area contributed by atoms with E-state index in [1.54, 1.807) is 18.2 Å². The third-order valence-corrected chi connectivity index (χ3v) is 3.55. The van der Waals surface area contributed by atoms with Crippen molar-refractivity contribution in [1.29, 1.82) is 0 Å². The largest absolute Gasteiger partial charge is 0.495 e. The first-order valence-electron chi connectivity index (χ1n) is 7.32. The minimum Gasteiger partial charge on any atom is -0.495 e. The Kier molecular flexibility index (Phi) is 5.20. The van der Waals surface area contributed by atoms with Gasteiger partial charge in [-0.15, -0.1) is 0 Å². The molecule has 2 atom stereocenters. The second-order valence-electron chi connectivity index (χ2n) is 5.57. The lowest BCUT2D eigenvalue weighted by Gasteiger charge is -2.12. The smallest absolute Gasteiger partial charge is 0.309 e. The predicted molar refractivity (Wildman–Crippen MR) is 84.2 cm³/mol. The van der Waals surface area contributed by atoms with Gasteiger partial charge >= 0.3 is 5.97 Å². The lowest BCUT2D eigenvalue weighted by molar-refractivity contribution is -0.148. The lowest BCUT2D eigenvalue weighted by atomic mass is 10.2. The number of esters is 1. The van der Waals surface area contributed by atoms with Crippen LogP contribution in [0, 0.1) is 11.8 Å². The number of carbonyl (C=O) groups is 3. The summed E-state index contributed by atoms with van der Waals surface area (Å²) in [6.45, 7) is 3.00. The zero-order valence-corrected chi connectivity index (χ0v) is 13.3. The van der Waals surface area contributed by atoms with Crippen molar-refractivity contribution in [2.45, 2.75) is 20.3 Å². The third-order valence-electron chi connectivity index (χ3n) is 3.55. The Morgan fingerprint density at radius 3 is 2.52 bits per heavy atom. The molecule has 7 nitrogen and oxygen atoms in total. The Balaban J connectivity index is 1.95. The first-order valence-corrected chi connectivity index (χ1v) is 7.32. The van der Waals surface area contributed by atoms with Crippen molar-refractivity contribution in [2.75, 3.05) is 24.4 Å². The van der Waals surface area contributed by atoms with E-state index < -0.39 is 5.91 Å². The van der Waals surface area contributed by atoms with Gasteiger partial charge in [-0.3, -0.25) is 14.4 Å². The lowest BCUT2D eigenvalue weighted by Crippen LogP contribution is -2.22. The van der Waals surface area contributed by atoms with Crippen molar-refractivity contribution in [3.63, 3.8) is 0 Å². The number of anilines is 2. The highest BCUT2D eigenvalue weighted by molar-refractivity contribution is 5.96. The fourth-order valence-electron chi connectivity index (χ4n) is 2.17. The van der Waals surface area contributed by atoms with Gasteiger partial charge in [-0.2, -0.15) is 0 Å². The summed E-state index contributed by atoms with van der Waals surface area (Å²) in [4.78, 5) is 34.6. The molecule has 2 rings (SSSR count). The number of nitrogens with one attached hydrogen (secondary N) is 2. The van der Waals surface area contributed by atoms with Crippen LogP contribution in [0.15, 0.2) is 18.2 Å². The van der Waals surface area contributed by atoms with E-state index >= 15 is 0 Å². The van der Waals surface area contributed by atoms with Crippen molar-refractivity contribution >= 4 is 29.2 Å². The molecule has 23 heavy (non-hydrogen) atoms. The number of hydrogen-bond donors (Lipinski definition) is 2. The molecule has 124 valence electrons. The van der Waals surface area contributed by atoms with Crippen LogP contribution in [0.4, 0.5) is 11.4 Å². The number of ether oxygens (including phenoxy) is 2. The fraction of sp³-hybridized carbons (Fsp3) is 0.438. The molecule has 1 saturated carbocycles. The molecule has 2 amide bonds. The molecule has 2 N–H and O–H groups in total. The number of benzene rings is 1. The van der Waals surface area contributed by atoms with E-state index in [4.69, 9.17) is 9.47 Å². The molecule has 0 aromatic heterocycles. The Morgan fingerprint density at radius 1 is 1.26 bits per heavy atom. The van der Waals surface area contributed by atoms with Gasteiger partial charge in [0.15, 0.2) is 6.61 Å². The van der Waals surface area contributed by atoms with Gasteiger partial charge in [-0.1, -0.05) is 6.92 Å². The molecule has 0 radical (unpaired) electrons. The molecule has 0 unspecified atom stereocenters. The van der Waals surface area contributed by atoms with E-state index in [2.05, 4.69) is 10.6 Å². The minimum absolute atomic E-state index is 0.0829. The van der Waals surface area contributed by atoms with Gasteiger partial charge in [-0.05, 0) is 30.5 Å². The van der Waals surface area contributed by atoms with Crippen LogP contribution in [0.2, 0.25) is 0 Å². The van der Waals surface area contributed by atoms with Crippen molar-refractivity contribution in [2.24, 2.45) is 11.8 Å². The summed E-state index contributed by atoms with van der Waals surface area (Å²) < 4.78 is 10.1. The van der Waals surface area contributed by atoms with Crippen LogP contribution in [-0.4, -0.2) is 31.5 Å². The van der Waals surface area contributed by atoms with Crippen LogP contribution in [0.5, 0.6) is 5.75 Å². The van der Waals surface area contributed by atoms with E-state index in [-0.39, 0.29) is 24.4 Å². The van der Waals surface area contributed by atoms with Gasteiger partial charge < -0.3 is 20.1 Å². The molecule has 1 aliphatic carbocycles. The maximum absolute atomic E-state index is 11.9. The van der Waals surface area contributed by atoms with Crippen molar-refractivity contribution < 1.29 is 23.9 Å². The maximum atomic E-state index is 11.9. The molecule has 0 bridgehead atoms.